The molecule has 0 aromatic heterocycles. The second-order valence-corrected chi connectivity index (χ2v) is 4.54. The Morgan fingerprint density at radius 3 is 1.11 bits per heavy atom. The topological polar surface area (TPSA) is 0 Å². The van der Waals surface area contributed by atoms with Crippen LogP contribution in [0.3, 0.4) is 0 Å². The Bertz CT molecular complexity index is 86.9. The van der Waals surface area contributed by atoms with Gasteiger partial charge in [0.25, 0.3) is 0 Å². The van der Waals surface area contributed by atoms with Gasteiger partial charge in [0.2, 0.25) is 0 Å². The van der Waals surface area contributed by atoms with E-state index in [0.717, 1.165) is 29.4 Å². The van der Waals surface area contributed by atoms with Crippen LogP contribution in [0.1, 0.15) is 90.9 Å². The summed E-state index contributed by atoms with van der Waals surface area (Å²) in [5, 5.41) is 0. The molecule has 19 heavy (non-hydrogen) atoms. The molecule has 0 saturated carbocycles. The summed E-state index contributed by atoms with van der Waals surface area (Å²) >= 11 is 0.958. The van der Waals surface area contributed by atoms with Gasteiger partial charge >= 0.3 is 26.7 Å². The van der Waals surface area contributed by atoms with Gasteiger partial charge in [-0.3, -0.25) is 0 Å². The first-order valence-corrected chi connectivity index (χ1v) is 11.9. The van der Waals surface area contributed by atoms with Crippen molar-refractivity contribution < 1.29 is 36.0 Å². The molecule has 0 heterocycles. The molecule has 0 aliphatic carbocycles. The Morgan fingerprint density at radius 1 is 0.632 bits per heavy atom. The summed E-state index contributed by atoms with van der Waals surface area (Å²) < 4.78 is 0. The van der Waals surface area contributed by atoms with E-state index < -0.39 is 0 Å². The van der Waals surface area contributed by atoms with Gasteiger partial charge in [-0.2, -0.15) is 12.8 Å². The molecule has 110 valence electrons. The zero-order chi connectivity index (χ0) is 14.5. The maximum absolute atomic E-state index is 4.21. The van der Waals surface area contributed by atoms with Gasteiger partial charge in [0.05, 0.1) is 0 Å². The molecule has 0 N–H and O–H groups in total. The smallest absolute Gasteiger partial charge is 0 e. The van der Waals surface area contributed by atoms with Crippen LogP contribution in [0.25, 0.3) is 0 Å². The van der Waals surface area contributed by atoms with E-state index in [1.165, 1.54) is 64.2 Å². The standard InChI is InChI=1S/2C8H17.S.2Zn/c2*1-3-5-7-8-6-4-2;;;/h2*1,3-8H2,2H3;;;/q2*-1;;;. The summed E-state index contributed by atoms with van der Waals surface area (Å²) in [5.74, 6) is 0. The minimum absolute atomic E-state index is 0. The van der Waals surface area contributed by atoms with Gasteiger partial charge in [-0.25, -0.2) is 0 Å². The molecule has 3 heteroatoms. The van der Waals surface area contributed by atoms with Gasteiger partial charge in [0.15, 0.2) is 0 Å². The van der Waals surface area contributed by atoms with Gasteiger partial charge in [-0.1, -0.05) is 78.1 Å². The number of rotatable bonds is 10. The van der Waals surface area contributed by atoms with E-state index in [-0.39, 0.29) is 19.5 Å². The van der Waals surface area contributed by atoms with Crippen LogP contribution in [0, 0.1) is 13.8 Å². The van der Waals surface area contributed by atoms with Crippen LogP contribution in [0.5, 0.6) is 0 Å². The molecule has 0 spiro atoms. The van der Waals surface area contributed by atoms with Crippen molar-refractivity contribution in [2.45, 2.75) is 90.9 Å². The second-order valence-electron chi connectivity index (χ2n) is 4.54. The Morgan fingerprint density at radius 2 is 0.895 bits per heavy atom. The summed E-state index contributed by atoms with van der Waals surface area (Å²) in [6.07, 6.45) is 16.0. The van der Waals surface area contributed by atoms with Crippen molar-refractivity contribution in [2.24, 2.45) is 0 Å². The van der Waals surface area contributed by atoms with E-state index in [2.05, 4.69) is 37.8 Å². The van der Waals surface area contributed by atoms with Crippen LogP contribution >= 0.6 is 10.1 Å². The van der Waals surface area contributed by atoms with E-state index in [1.807, 2.05) is 0 Å². The molecule has 0 nitrogen and oxygen atoms in total. The van der Waals surface area contributed by atoms with E-state index in [4.69, 9.17) is 0 Å². The zero-order valence-electron chi connectivity index (χ0n) is 13.7. The summed E-state index contributed by atoms with van der Waals surface area (Å²) in [6.45, 7) is 12.0. The van der Waals surface area contributed by atoms with Crippen molar-refractivity contribution >= 4 is 10.1 Å². The van der Waals surface area contributed by atoms with Gasteiger partial charge in [-0.05, 0) is 0 Å². The molecule has 0 radical (unpaired) electrons. The maximum atomic E-state index is 4.21. The Kier molecular flexibility index (Phi) is 55.1. The van der Waals surface area contributed by atoms with Crippen LogP contribution in [0.15, 0.2) is 0 Å². The normalized spacial score (nSPS) is 8.53. The third-order valence-corrected chi connectivity index (χ3v) is 2.71. The van der Waals surface area contributed by atoms with Crippen LogP contribution in [0.4, 0.5) is 0 Å². The molecule has 0 aliphatic rings. The quantitative estimate of drug-likeness (QED) is 0.220. The molecule has 0 fully saturated rings. The van der Waals surface area contributed by atoms with E-state index >= 15 is 0 Å². The van der Waals surface area contributed by atoms with E-state index in [0.29, 0.717) is 0 Å². The number of unbranched alkanes of at least 4 members (excludes halogenated alkanes) is 10. The molecular weight excluding hydrogens is 355 g/mol. The fourth-order valence-electron chi connectivity index (χ4n) is 1.56. The van der Waals surface area contributed by atoms with Crippen molar-refractivity contribution in [2.75, 3.05) is 0 Å². The molecule has 0 amide bonds. The van der Waals surface area contributed by atoms with Crippen molar-refractivity contribution in [1.29, 1.82) is 0 Å². The summed E-state index contributed by atoms with van der Waals surface area (Å²) in [7, 11) is 4.21. The van der Waals surface area contributed by atoms with E-state index in [1.54, 1.807) is 0 Å². The van der Waals surface area contributed by atoms with Crippen molar-refractivity contribution in [1.82, 2.24) is 0 Å². The molecule has 0 aromatic rings. The Hall–Kier alpha value is 1.47. The monoisotopic (exact) mass is 386 g/mol. The molecule has 0 rings (SSSR count). The fraction of sp³-hybridized carbons (Fsp3) is 0.875. The first-order chi connectivity index (χ1) is 8.83. The third kappa shape index (κ3) is 45.2. The van der Waals surface area contributed by atoms with Crippen LogP contribution in [0.2, 0.25) is 0 Å². The van der Waals surface area contributed by atoms with Crippen LogP contribution in [-0.2, 0) is 36.0 Å². The first kappa shape index (κ1) is 28.6. The fourth-order valence-corrected chi connectivity index (χ4v) is 1.56. The van der Waals surface area contributed by atoms with Gasteiger partial charge < -0.3 is 13.8 Å². The van der Waals surface area contributed by atoms with Gasteiger partial charge in [-0.15, -0.1) is 0 Å². The minimum atomic E-state index is 0. The second kappa shape index (κ2) is 36.6. The molecule has 0 bridgehead atoms. The molecule has 0 unspecified atom stereocenters. The minimum Gasteiger partial charge on any atom is 0 e. The average Bonchev–Trinajstić information content (AvgIpc) is 2.43. The summed E-state index contributed by atoms with van der Waals surface area (Å²) in [4.78, 5) is 0. The van der Waals surface area contributed by atoms with Gasteiger partial charge in [0.1, 0.15) is 0 Å². The number of hydrogen-bond acceptors (Lipinski definition) is 1. The van der Waals surface area contributed by atoms with Gasteiger partial charge in [0, 0.05) is 19.5 Å². The first-order valence-electron chi connectivity index (χ1n) is 7.70. The van der Waals surface area contributed by atoms with Crippen molar-refractivity contribution in [3.63, 3.8) is 0 Å². The van der Waals surface area contributed by atoms with Crippen molar-refractivity contribution in [3.05, 3.63) is 13.8 Å². The molecule has 0 atom stereocenters. The third-order valence-electron chi connectivity index (χ3n) is 2.71. The van der Waals surface area contributed by atoms with E-state index in [9.17, 15) is 0 Å². The predicted molar refractivity (Wildman–Crippen MR) is 85.1 cm³/mol. The molecule has 0 saturated heterocycles. The summed E-state index contributed by atoms with van der Waals surface area (Å²) in [6, 6.07) is 0. The Labute approximate surface area is 150 Å². The Balaban J connectivity index is -0.0000000999. The largest absolute Gasteiger partial charge is 0 e. The maximum Gasteiger partial charge on any atom is 0 e. The summed E-state index contributed by atoms with van der Waals surface area (Å²) in [5.41, 5.74) is 0. The SMILES string of the molecule is [CH2-]CCCCCCC.[CH2-]CCCCCCC.[S]=[Zn].[Zn]. The van der Waals surface area contributed by atoms with Crippen LogP contribution < -0.4 is 0 Å². The number of hydrogen-bond donors (Lipinski definition) is 0. The predicted octanol–water partition coefficient (Wildman–Crippen LogP) is 7.01. The van der Waals surface area contributed by atoms with Crippen molar-refractivity contribution in [3.8, 4) is 0 Å². The average molecular weight is 389 g/mol. The molecule has 0 aromatic carbocycles. The van der Waals surface area contributed by atoms with Crippen LogP contribution in [-0.4, -0.2) is 0 Å². The zero-order valence-corrected chi connectivity index (χ0v) is 20.5. The molecule has 0 aliphatic heterocycles. The molecular formula is C16H34SZn2-2.